The van der Waals surface area contributed by atoms with Crippen molar-refractivity contribution in [3.8, 4) is 11.5 Å². The van der Waals surface area contributed by atoms with E-state index in [1.807, 2.05) is 24.3 Å². The Balaban J connectivity index is 1.62. The van der Waals surface area contributed by atoms with Gasteiger partial charge in [0.15, 0.2) is 6.61 Å². The van der Waals surface area contributed by atoms with Gasteiger partial charge in [0.2, 0.25) is 0 Å². The number of halogens is 3. The van der Waals surface area contributed by atoms with Crippen LogP contribution in [0.1, 0.15) is 24.4 Å². The summed E-state index contributed by atoms with van der Waals surface area (Å²) < 4.78 is 47.2. The molecule has 0 aromatic heterocycles. The van der Waals surface area contributed by atoms with Crippen LogP contribution in [0.2, 0.25) is 0 Å². The van der Waals surface area contributed by atoms with Crippen molar-refractivity contribution >= 4 is 11.7 Å². The van der Waals surface area contributed by atoms with Gasteiger partial charge in [-0.25, -0.2) is 4.79 Å². The quantitative estimate of drug-likeness (QED) is 0.634. The second-order valence-electron chi connectivity index (χ2n) is 7.27. The van der Waals surface area contributed by atoms with Gasteiger partial charge in [-0.2, -0.15) is 13.2 Å². The average molecular weight is 437 g/mol. The number of hydrogen-bond donors (Lipinski definition) is 2. The van der Waals surface area contributed by atoms with Crippen LogP contribution < -0.4 is 20.1 Å². The summed E-state index contributed by atoms with van der Waals surface area (Å²) in [5.41, 5.74) is 1.34. The predicted octanol–water partition coefficient (Wildman–Crippen LogP) is 4.59. The lowest BCUT2D eigenvalue weighted by Gasteiger charge is -2.29. The fraction of sp³-hybridized carbons (Fsp3) is 0.409. The van der Waals surface area contributed by atoms with E-state index in [1.165, 1.54) is 18.2 Å². The summed E-state index contributed by atoms with van der Waals surface area (Å²) in [4.78, 5) is 14.8. The predicted molar refractivity (Wildman–Crippen MR) is 112 cm³/mol. The zero-order valence-corrected chi connectivity index (χ0v) is 17.2. The Hall–Kier alpha value is -2.94. The van der Waals surface area contributed by atoms with Crippen LogP contribution in [0.3, 0.4) is 0 Å². The summed E-state index contributed by atoms with van der Waals surface area (Å²) in [5, 5.41) is 5.51. The monoisotopic (exact) mass is 437 g/mol. The van der Waals surface area contributed by atoms with Gasteiger partial charge < -0.3 is 20.1 Å². The van der Waals surface area contributed by atoms with Crippen molar-refractivity contribution in [2.75, 3.05) is 38.7 Å². The van der Waals surface area contributed by atoms with E-state index in [0.29, 0.717) is 12.2 Å². The Labute approximate surface area is 179 Å². The molecule has 1 heterocycles. The number of carbonyl (C=O) groups excluding carboxylic acids is 1. The summed E-state index contributed by atoms with van der Waals surface area (Å²) in [7, 11) is 1.62. The molecule has 0 spiro atoms. The molecular weight excluding hydrogens is 411 g/mol. The van der Waals surface area contributed by atoms with Gasteiger partial charge in [-0.1, -0.05) is 24.3 Å². The number of anilines is 1. The topological polar surface area (TPSA) is 62.8 Å². The maximum Gasteiger partial charge on any atom is 0.422 e. The third-order valence-electron chi connectivity index (χ3n) is 5.03. The van der Waals surface area contributed by atoms with Crippen LogP contribution in [0.4, 0.5) is 23.7 Å². The van der Waals surface area contributed by atoms with E-state index in [0.717, 1.165) is 37.2 Å². The fourth-order valence-corrected chi connectivity index (χ4v) is 3.62. The van der Waals surface area contributed by atoms with Crippen LogP contribution >= 0.6 is 0 Å². The number of carbonyl (C=O) groups is 1. The molecule has 2 N–H and O–H groups in total. The summed E-state index contributed by atoms with van der Waals surface area (Å²) in [6.45, 7) is 0.838. The van der Waals surface area contributed by atoms with Crippen molar-refractivity contribution in [2.45, 2.75) is 25.1 Å². The molecule has 2 aromatic rings. The molecule has 168 valence electrons. The van der Waals surface area contributed by atoms with Crippen molar-refractivity contribution in [1.29, 1.82) is 0 Å². The molecule has 1 fully saturated rings. The summed E-state index contributed by atoms with van der Waals surface area (Å²) in [6, 6.07) is 13.1. The first kappa shape index (κ1) is 22.7. The SMILES string of the molecule is COc1ccccc1C(CNC(=O)Nc1cccc(OCC(F)(F)F)c1)N1CCCC1. The van der Waals surface area contributed by atoms with Gasteiger partial charge in [-0.3, -0.25) is 4.90 Å². The van der Waals surface area contributed by atoms with Gasteiger partial charge in [0, 0.05) is 23.9 Å². The number of likely N-dealkylation sites (tertiary alicyclic amines) is 1. The molecule has 2 aromatic carbocycles. The molecule has 1 atom stereocenters. The Morgan fingerprint density at radius 2 is 1.87 bits per heavy atom. The second kappa shape index (κ2) is 10.4. The highest BCUT2D eigenvalue weighted by Crippen LogP contribution is 2.31. The zero-order valence-electron chi connectivity index (χ0n) is 17.2. The van der Waals surface area contributed by atoms with Crippen molar-refractivity contribution in [1.82, 2.24) is 10.2 Å². The number of benzene rings is 2. The Morgan fingerprint density at radius 3 is 2.58 bits per heavy atom. The van der Waals surface area contributed by atoms with E-state index in [1.54, 1.807) is 13.2 Å². The molecule has 2 amide bonds. The van der Waals surface area contributed by atoms with Crippen LogP contribution in [0.15, 0.2) is 48.5 Å². The van der Waals surface area contributed by atoms with Crippen LogP contribution in [0, 0.1) is 0 Å². The first-order valence-electron chi connectivity index (χ1n) is 10.1. The summed E-state index contributed by atoms with van der Waals surface area (Å²) in [6.07, 6.45) is -2.23. The maximum absolute atomic E-state index is 12.5. The number of rotatable bonds is 8. The van der Waals surface area contributed by atoms with Gasteiger partial charge in [-0.05, 0) is 44.1 Å². The Bertz CT molecular complexity index is 870. The lowest BCUT2D eigenvalue weighted by atomic mass is 10.0. The van der Waals surface area contributed by atoms with Crippen LogP contribution in [-0.2, 0) is 0 Å². The number of alkyl halides is 3. The minimum atomic E-state index is -4.43. The lowest BCUT2D eigenvalue weighted by molar-refractivity contribution is -0.153. The van der Waals surface area contributed by atoms with Gasteiger partial charge in [-0.15, -0.1) is 0 Å². The highest BCUT2D eigenvalue weighted by atomic mass is 19.4. The van der Waals surface area contributed by atoms with Crippen LogP contribution in [0.5, 0.6) is 11.5 Å². The number of methoxy groups -OCH3 is 1. The molecule has 1 unspecified atom stereocenters. The molecule has 6 nitrogen and oxygen atoms in total. The number of hydrogen-bond acceptors (Lipinski definition) is 4. The summed E-state index contributed by atoms with van der Waals surface area (Å²) in [5.74, 6) is 0.787. The van der Waals surface area contributed by atoms with Gasteiger partial charge >= 0.3 is 12.2 Å². The van der Waals surface area contributed by atoms with Crippen molar-refractivity contribution in [3.63, 3.8) is 0 Å². The van der Waals surface area contributed by atoms with E-state index in [-0.39, 0.29) is 11.8 Å². The standard InChI is InChI=1S/C22H26F3N3O3/c1-30-20-10-3-2-9-18(20)19(28-11-4-5-12-28)14-26-21(29)27-16-7-6-8-17(13-16)31-15-22(23,24)25/h2-3,6-10,13,19H,4-5,11-12,14-15H2,1H3,(H2,26,27,29). The highest BCUT2D eigenvalue weighted by molar-refractivity contribution is 5.89. The first-order chi connectivity index (χ1) is 14.9. The number of amides is 2. The number of nitrogens with one attached hydrogen (secondary N) is 2. The van der Waals surface area contributed by atoms with Gasteiger partial charge in [0.05, 0.1) is 13.2 Å². The number of ether oxygens (including phenoxy) is 2. The molecule has 0 saturated carbocycles. The number of urea groups is 1. The third-order valence-corrected chi connectivity index (χ3v) is 5.03. The van der Waals surface area contributed by atoms with E-state index in [9.17, 15) is 18.0 Å². The molecule has 9 heteroatoms. The van der Waals surface area contributed by atoms with Crippen molar-refractivity contribution in [2.24, 2.45) is 0 Å². The molecule has 0 radical (unpaired) electrons. The minimum absolute atomic E-state index is 0.0269. The minimum Gasteiger partial charge on any atom is -0.496 e. The van der Waals surface area contributed by atoms with Gasteiger partial charge in [0.25, 0.3) is 0 Å². The van der Waals surface area contributed by atoms with E-state index >= 15 is 0 Å². The molecule has 3 rings (SSSR count). The average Bonchev–Trinajstić information content (AvgIpc) is 3.27. The van der Waals surface area contributed by atoms with Gasteiger partial charge in [0.1, 0.15) is 11.5 Å². The zero-order chi connectivity index (χ0) is 22.3. The van der Waals surface area contributed by atoms with Crippen molar-refractivity contribution in [3.05, 3.63) is 54.1 Å². The smallest absolute Gasteiger partial charge is 0.422 e. The molecule has 0 bridgehead atoms. The highest BCUT2D eigenvalue weighted by Gasteiger charge is 2.28. The summed E-state index contributed by atoms with van der Waals surface area (Å²) >= 11 is 0. The first-order valence-corrected chi connectivity index (χ1v) is 10.1. The molecule has 0 aliphatic carbocycles. The molecule has 1 aliphatic rings. The normalized spacial score (nSPS) is 15.4. The number of nitrogens with zero attached hydrogens (tertiary/aromatic N) is 1. The van der Waals surface area contributed by atoms with Crippen LogP contribution in [0.25, 0.3) is 0 Å². The van der Waals surface area contributed by atoms with E-state index in [2.05, 4.69) is 15.5 Å². The van der Waals surface area contributed by atoms with E-state index in [4.69, 9.17) is 9.47 Å². The van der Waals surface area contributed by atoms with Crippen LogP contribution in [-0.4, -0.2) is 50.5 Å². The lowest BCUT2D eigenvalue weighted by Crippen LogP contribution is -2.38. The Kier molecular flexibility index (Phi) is 7.62. The largest absolute Gasteiger partial charge is 0.496 e. The molecular formula is C22H26F3N3O3. The Morgan fingerprint density at radius 1 is 1.13 bits per heavy atom. The third kappa shape index (κ3) is 6.78. The molecule has 31 heavy (non-hydrogen) atoms. The second-order valence-corrected chi connectivity index (χ2v) is 7.27. The molecule has 1 saturated heterocycles. The van der Waals surface area contributed by atoms with Crippen molar-refractivity contribution < 1.29 is 27.4 Å². The number of para-hydroxylation sites is 1. The fourth-order valence-electron chi connectivity index (χ4n) is 3.62. The van der Waals surface area contributed by atoms with E-state index < -0.39 is 18.8 Å². The maximum atomic E-state index is 12.5. The molecule has 1 aliphatic heterocycles.